The third kappa shape index (κ3) is 9.35. The Morgan fingerprint density at radius 2 is 1.60 bits per heavy atom. The van der Waals surface area contributed by atoms with Crippen LogP contribution in [0.25, 0.3) is 5.83 Å². The number of alkyl halides is 9. The van der Waals surface area contributed by atoms with Crippen molar-refractivity contribution in [2.45, 2.75) is 37.4 Å². The standard InChI is InChI=1S/C23H17ClF11NO3S/c1-11(9-40(38,39)10-21(27,28)29)36-20(37)14-4-2-13(6-16(14)23(33,34)35)18(25)8-15(22(30,31)32)12-3-5-17(24)19(26)7-12/h2-8,11,15H,9-10H2,1H3,(H,36,37)/b18-8-/t11-,15?/m1/s1. The first-order chi connectivity index (χ1) is 18.0. The molecule has 2 aromatic carbocycles. The number of allylic oxidation sites excluding steroid dienone is 1. The van der Waals surface area contributed by atoms with Gasteiger partial charge in [0.15, 0.2) is 9.84 Å². The predicted octanol–water partition coefficient (Wildman–Crippen LogP) is 7.25. The van der Waals surface area contributed by atoms with Gasteiger partial charge in [0.05, 0.1) is 21.9 Å². The van der Waals surface area contributed by atoms with Gasteiger partial charge in [0.25, 0.3) is 5.91 Å². The summed E-state index contributed by atoms with van der Waals surface area (Å²) in [6.45, 7) is 0.909. The van der Waals surface area contributed by atoms with Crippen molar-refractivity contribution in [1.29, 1.82) is 0 Å². The van der Waals surface area contributed by atoms with Crippen molar-refractivity contribution in [3.8, 4) is 0 Å². The van der Waals surface area contributed by atoms with E-state index in [0.717, 1.165) is 19.1 Å². The number of benzene rings is 2. The van der Waals surface area contributed by atoms with Crippen molar-refractivity contribution in [2.24, 2.45) is 0 Å². The van der Waals surface area contributed by atoms with Gasteiger partial charge in [-0.2, -0.15) is 39.5 Å². The molecule has 0 spiro atoms. The summed E-state index contributed by atoms with van der Waals surface area (Å²) in [5.41, 5.74) is -4.91. The second-order valence-corrected chi connectivity index (χ2v) is 11.0. The molecule has 0 saturated heterocycles. The highest BCUT2D eigenvalue weighted by Crippen LogP contribution is 2.40. The Morgan fingerprint density at radius 3 is 2.10 bits per heavy atom. The zero-order valence-corrected chi connectivity index (χ0v) is 21.4. The van der Waals surface area contributed by atoms with Crippen LogP contribution in [-0.2, 0) is 16.0 Å². The fourth-order valence-corrected chi connectivity index (χ4v) is 5.07. The molecule has 0 heterocycles. The Balaban J connectivity index is 2.43. The van der Waals surface area contributed by atoms with E-state index in [1.165, 1.54) is 0 Å². The molecular weight excluding hydrogens is 615 g/mol. The van der Waals surface area contributed by atoms with Gasteiger partial charge in [-0.05, 0) is 42.8 Å². The summed E-state index contributed by atoms with van der Waals surface area (Å²) in [7, 11) is -4.82. The van der Waals surface area contributed by atoms with E-state index in [4.69, 9.17) is 11.6 Å². The lowest BCUT2D eigenvalue weighted by atomic mass is 9.95. The van der Waals surface area contributed by atoms with Crippen LogP contribution < -0.4 is 5.32 Å². The zero-order valence-electron chi connectivity index (χ0n) is 19.8. The highest BCUT2D eigenvalue weighted by molar-refractivity contribution is 7.91. The molecule has 0 aliphatic carbocycles. The van der Waals surface area contributed by atoms with Crippen LogP contribution in [0.1, 0.15) is 39.9 Å². The maximum Gasteiger partial charge on any atom is 0.417 e. The maximum atomic E-state index is 14.8. The summed E-state index contributed by atoms with van der Waals surface area (Å²) in [5, 5.41) is 1.26. The molecule has 1 unspecified atom stereocenters. The van der Waals surface area contributed by atoms with E-state index in [-0.39, 0.29) is 12.1 Å². The maximum absolute atomic E-state index is 14.8. The average Bonchev–Trinajstić information content (AvgIpc) is 2.75. The van der Waals surface area contributed by atoms with Crippen LogP contribution in [0.5, 0.6) is 0 Å². The molecule has 2 rings (SSSR count). The van der Waals surface area contributed by atoms with Crippen LogP contribution in [0, 0.1) is 5.82 Å². The van der Waals surface area contributed by atoms with E-state index in [1.807, 2.05) is 0 Å². The lowest BCUT2D eigenvalue weighted by molar-refractivity contribution is -0.140. The molecule has 17 heteroatoms. The molecule has 0 fully saturated rings. The minimum absolute atomic E-state index is 0.0156. The third-order valence-corrected chi connectivity index (χ3v) is 7.16. The number of nitrogens with one attached hydrogen (secondary N) is 1. The SMILES string of the molecule is C[C@H](CS(=O)(=O)CC(F)(F)F)NC(=O)c1ccc(/C(F)=C/C(c2ccc(Cl)c(F)c2)C(F)(F)F)cc1C(F)(F)F. The molecule has 0 aliphatic rings. The van der Waals surface area contributed by atoms with Crippen molar-refractivity contribution < 1.29 is 61.5 Å². The summed E-state index contributed by atoms with van der Waals surface area (Å²) in [6.07, 6.45) is -15.8. The summed E-state index contributed by atoms with van der Waals surface area (Å²) >= 11 is 5.43. The topological polar surface area (TPSA) is 63.2 Å². The fraction of sp³-hybridized carbons (Fsp3) is 0.348. The van der Waals surface area contributed by atoms with E-state index in [1.54, 1.807) is 5.32 Å². The zero-order chi connectivity index (χ0) is 30.8. The monoisotopic (exact) mass is 631 g/mol. The Hall–Kier alpha value is -2.88. The molecule has 0 bridgehead atoms. The Kier molecular flexibility index (Phi) is 9.94. The van der Waals surface area contributed by atoms with Crippen molar-refractivity contribution >= 4 is 33.2 Å². The lowest BCUT2D eigenvalue weighted by Crippen LogP contribution is -2.40. The van der Waals surface area contributed by atoms with Crippen molar-refractivity contribution in [2.75, 3.05) is 11.5 Å². The van der Waals surface area contributed by atoms with Gasteiger partial charge in [0.1, 0.15) is 23.3 Å². The van der Waals surface area contributed by atoms with Gasteiger partial charge in [-0.15, -0.1) is 0 Å². The predicted molar refractivity (Wildman–Crippen MR) is 122 cm³/mol. The molecule has 2 aromatic rings. The molecule has 0 radical (unpaired) electrons. The van der Waals surface area contributed by atoms with E-state index in [0.29, 0.717) is 18.2 Å². The van der Waals surface area contributed by atoms with Crippen molar-refractivity contribution in [3.05, 3.63) is 75.6 Å². The first kappa shape index (κ1) is 33.3. The number of hydrogen-bond donors (Lipinski definition) is 1. The van der Waals surface area contributed by atoms with Gasteiger partial charge in [-0.1, -0.05) is 23.7 Å². The lowest BCUT2D eigenvalue weighted by Gasteiger charge is -2.19. The molecule has 1 N–H and O–H groups in total. The van der Waals surface area contributed by atoms with Crippen LogP contribution in [0.15, 0.2) is 42.5 Å². The number of halogens is 12. The summed E-state index contributed by atoms with van der Waals surface area (Å²) in [5.74, 6) is -11.0. The number of rotatable bonds is 8. The van der Waals surface area contributed by atoms with Crippen LogP contribution in [0.4, 0.5) is 48.3 Å². The normalized spacial score (nSPS) is 15.1. The van der Waals surface area contributed by atoms with Crippen LogP contribution in [-0.4, -0.2) is 44.2 Å². The van der Waals surface area contributed by atoms with Crippen LogP contribution >= 0.6 is 11.6 Å². The molecular formula is C23H17ClF11NO3S. The molecule has 0 aliphatic heterocycles. The highest BCUT2D eigenvalue weighted by Gasteiger charge is 2.41. The summed E-state index contributed by atoms with van der Waals surface area (Å²) < 4.78 is 171. The van der Waals surface area contributed by atoms with Gasteiger partial charge in [0, 0.05) is 11.6 Å². The van der Waals surface area contributed by atoms with Gasteiger partial charge >= 0.3 is 18.5 Å². The first-order valence-electron chi connectivity index (χ1n) is 10.7. The molecule has 1 amide bonds. The molecule has 222 valence electrons. The first-order valence-corrected chi connectivity index (χ1v) is 12.9. The highest BCUT2D eigenvalue weighted by atomic mass is 35.5. The molecule has 2 atom stereocenters. The van der Waals surface area contributed by atoms with Crippen LogP contribution in [0.2, 0.25) is 5.02 Å². The Bertz CT molecular complexity index is 1380. The van der Waals surface area contributed by atoms with E-state index >= 15 is 0 Å². The Morgan fingerprint density at radius 1 is 1.00 bits per heavy atom. The smallest absolute Gasteiger partial charge is 0.349 e. The van der Waals surface area contributed by atoms with Gasteiger partial charge in [-0.25, -0.2) is 17.2 Å². The minimum atomic E-state index is -5.38. The van der Waals surface area contributed by atoms with Gasteiger partial charge < -0.3 is 5.32 Å². The minimum Gasteiger partial charge on any atom is -0.349 e. The second kappa shape index (κ2) is 11.9. The number of hydrogen-bond acceptors (Lipinski definition) is 3. The van der Waals surface area contributed by atoms with Gasteiger partial charge in [0.2, 0.25) is 0 Å². The molecule has 0 saturated carbocycles. The largest absolute Gasteiger partial charge is 0.417 e. The number of carbonyl (C=O) groups is 1. The molecule has 4 nitrogen and oxygen atoms in total. The fourth-order valence-electron chi connectivity index (χ4n) is 3.49. The summed E-state index contributed by atoms with van der Waals surface area (Å²) in [4.78, 5) is 12.4. The summed E-state index contributed by atoms with van der Waals surface area (Å²) in [6, 6.07) is 1.21. The molecule has 0 aromatic heterocycles. The molecule has 40 heavy (non-hydrogen) atoms. The van der Waals surface area contributed by atoms with Crippen LogP contribution in [0.3, 0.4) is 0 Å². The third-order valence-electron chi connectivity index (χ3n) is 5.08. The van der Waals surface area contributed by atoms with E-state index in [9.17, 15) is 61.5 Å². The van der Waals surface area contributed by atoms with Crippen molar-refractivity contribution in [3.63, 3.8) is 0 Å². The van der Waals surface area contributed by atoms with Crippen molar-refractivity contribution in [1.82, 2.24) is 5.32 Å². The average molecular weight is 632 g/mol. The van der Waals surface area contributed by atoms with Gasteiger partial charge in [-0.3, -0.25) is 4.79 Å². The quantitative estimate of drug-likeness (QED) is 0.312. The second-order valence-electron chi connectivity index (χ2n) is 8.51. The van der Waals surface area contributed by atoms with E-state index < -0.39 is 96.7 Å². The number of sulfone groups is 1. The number of carbonyl (C=O) groups excluding carboxylic acids is 1. The van der Waals surface area contributed by atoms with E-state index in [2.05, 4.69) is 0 Å². The Labute approximate surface area is 224 Å². The number of amides is 1.